The first-order valence-corrected chi connectivity index (χ1v) is 8.60. The van der Waals surface area contributed by atoms with Crippen LogP contribution in [0, 0.1) is 17.3 Å². The number of aliphatic hydroxyl groups is 1. The number of aliphatic hydroxyl groups excluding tert-OH is 1. The molecule has 2 saturated carbocycles. The highest BCUT2D eigenvalue weighted by molar-refractivity contribution is 4.90. The molecule has 0 saturated heterocycles. The Morgan fingerprint density at radius 1 is 1.35 bits per heavy atom. The number of nitrogens with zero attached hydrogens (tertiary/aromatic N) is 1. The molecule has 2 N–H and O–H groups in total. The highest BCUT2D eigenvalue weighted by Gasteiger charge is 2.36. The summed E-state index contributed by atoms with van der Waals surface area (Å²) in [5, 5.41) is 13.0. The van der Waals surface area contributed by atoms with Crippen molar-refractivity contribution in [2.24, 2.45) is 17.3 Å². The molecule has 0 radical (unpaired) electrons. The molecule has 0 aromatic heterocycles. The largest absolute Gasteiger partial charge is 0.393 e. The minimum absolute atomic E-state index is 0.0150. The van der Waals surface area contributed by atoms with Crippen LogP contribution in [0.2, 0.25) is 0 Å². The van der Waals surface area contributed by atoms with Gasteiger partial charge >= 0.3 is 0 Å². The molecule has 118 valence electrons. The molecular weight excluding hydrogens is 248 g/mol. The van der Waals surface area contributed by atoms with Crippen molar-refractivity contribution < 1.29 is 5.11 Å². The predicted octanol–water partition coefficient (Wildman–Crippen LogP) is 2.50. The smallest absolute Gasteiger partial charge is 0.0546 e. The van der Waals surface area contributed by atoms with Crippen LogP contribution in [0.15, 0.2) is 0 Å². The summed E-state index contributed by atoms with van der Waals surface area (Å²) in [6.07, 6.45) is 7.56. The van der Waals surface area contributed by atoms with E-state index in [0.717, 1.165) is 31.2 Å². The third-order valence-corrected chi connectivity index (χ3v) is 5.32. The molecule has 3 heteroatoms. The Kier molecular flexibility index (Phi) is 5.88. The van der Waals surface area contributed by atoms with Crippen molar-refractivity contribution >= 4 is 0 Å². The molecule has 2 aliphatic carbocycles. The fourth-order valence-corrected chi connectivity index (χ4v) is 4.45. The topological polar surface area (TPSA) is 35.5 Å². The molecule has 0 bridgehead atoms. The zero-order valence-corrected chi connectivity index (χ0v) is 13.7. The van der Waals surface area contributed by atoms with Gasteiger partial charge in [0.25, 0.3) is 0 Å². The van der Waals surface area contributed by atoms with Crippen molar-refractivity contribution in [3.05, 3.63) is 0 Å². The van der Waals surface area contributed by atoms with E-state index in [9.17, 15) is 5.11 Å². The van der Waals surface area contributed by atoms with Gasteiger partial charge in [0.15, 0.2) is 0 Å². The van der Waals surface area contributed by atoms with Gasteiger partial charge in [0, 0.05) is 19.6 Å². The summed E-state index contributed by atoms with van der Waals surface area (Å²) in [5.41, 5.74) is 0.477. The van der Waals surface area contributed by atoms with Gasteiger partial charge in [0.1, 0.15) is 0 Å². The third kappa shape index (κ3) is 4.44. The Bertz CT molecular complexity index is 291. The van der Waals surface area contributed by atoms with E-state index >= 15 is 0 Å². The minimum Gasteiger partial charge on any atom is -0.393 e. The molecular formula is C17H34N2O. The lowest BCUT2D eigenvalue weighted by Crippen LogP contribution is -2.47. The van der Waals surface area contributed by atoms with Crippen LogP contribution in [-0.2, 0) is 0 Å². The molecule has 2 rings (SSSR count). The normalized spacial score (nSPS) is 38.0. The predicted molar refractivity (Wildman–Crippen MR) is 84.8 cm³/mol. The van der Waals surface area contributed by atoms with Gasteiger partial charge in [0.05, 0.1) is 6.10 Å². The Hall–Kier alpha value is -0.120. The molecule has 2 atom stereocenters. The Balaban J connectivity index is 1.85. The van der Waals surface area contributed by atoms with Gasteiger partial charge in [-0.1, -0.05) is 26.7 Å². The first kappa shape index (κ1) is 16.3. The van der Waals surface area contributed by atoms with Crippen molar-refractivity contribution in [1.82, 2.24) is 10.2 Å². The van der Waals surface area contributed by atoms with E-state index in [4.69, 9.17) is 0 Å². The van der Waals surface area contributed by atoms with Crippen LogP contribution >= 0.6 is 0 Å². The van der Waals surface area contributed by atoms with Crippen LogP contribution in [0.25, 0.3) is 0 Å². The van der Waals surface area contributed by atoms with Crippen LogP contribution in [0.4, 0.5) is 0 Å². The number of hydrogen-bond donors (Lipinski definition) is 2. The highest BCUT2D eigenvalue weighted by Crippen LogP contribution is 2.40. The zero-order chi connectivity index (χ0) is 14.6. The maximum Gasteiger partial charge on any atom is 0.0546 e. The zero-order valence-electron chi connectivity index (χ0n) is 13.7. The summed E-state index contributed by atoms with van der Waals surface area (Å²) < 4.78 is 0. The fraction of sp³-hybridized carbons (Fsp3) is 1.00. The average molecular weight is 282 g/mol. The summed E-state index contributed by atoms with van der Waals surface area (Å²) in [4.78, 5) is 2.53. The van der Waals surface area contributed by atoms with E-state index in [1.807, 2.05) is 0 Å². The molecule has 0 aromatic rings. The third-order valence-electron chi connectivity index (χ3n) is 5.32. The lowest BCUT2D eigenvalue weighted by atomic mass is 9.69. The van der Waals surface area contributed by atoms with Crippen LogP contribution in [0.1, 0.15) is 52.4 Å². The van der Waals surface area contributed by atoms with Crippen molar-refractivity contribution in [1.29, 1.82) is 0 Å². The van der Waals surface area contributed by atoms with E-state index in [2.05, 4.69) is 31.1 Å². The standard InChI is InChI=1S/C17H34N2O/c1-4-18-12-17(7-5-6-14(2)10-17)13-19(3)11-15-8-16(20)9-15/h14-16,18,20H,4-13H2,1-3H3. The van der Waals surface area contributed by atoms with Gasteiger partial charge < -0.3 is 15.3 Å². The van der Waals surface area contributed by atoms with Crippen molar-refractivity contribution in [3.8, 4) is 0 Å². The molecule has 0 aromatic carbocycles. The molecule has 0 spiro atoms. The second-order valence-electron chi connectivity index (χ2n) is 7.67. The van der Waals surface area contributed by atoms with Crippen molar-refractivity contribution in [2.45, 2.75) is 58.5 Å². The molecule has 2 fully saturated rings. The Morgan fingerprint density at radius 3 is 2.70 bits per heavy atom. The maximum atomic E-state index is 9.43. The van der Waals surface area contributed by atoms with E-state index < -0.39 is 0 Å². The molecule has 2 aliphatic rings. The lowest BCUT2D eigenvalue weighted by Gasteiger charge is -2.44. The van der Waals surface area contributed by atoms with E-state index in [1.165, 1.54) is 45.3 Å². The molecule has 2 unspecified atom stereocenters. The molecule has 0 amide bonds. The maximum absolute atomic E-state index is 9.43. The first-order valence-electron chi connectivity index (χ1n) is 8.60. The summed E-state index contributed by atoms with van der Waals surface area (Å²) in [5.74, 6) is 1.61. The van der Waals surface area contributed by atoms with Gasteiger partial charge in [-0.15, -0.1) is 0 Å². The van der Waals surface area contributed by atoms with E-state index in [0.29, 0.717) is 5.41 Å². The van der Waals surface area contributed by atoms with Crippen LogP contribution in [0.3, 0.4) is 0 Å². The number of nitrogens with one attached hydrogen (secondary N) is 1. The van der Waals surface area contributed by atoms with Gasteiger partial charge in [-0.2, -0.15) is 0 Å². The van der Waals surface area contributed by atoms with Gasteiger partial charge in [-0.05, 0) is 56.5 Å². The van der Waals surface area contributed by atoms with Gasteiger partial charge in [0.2, 0.25) is 0 Å². The highest BCUT2D eigenvalue weighted by atomic mass is 16.3. The van der Waals surface area contributed by atoms with E-state index in [1.54, 1.807) is 0 Å². The summed E-state index contributed by atoms with van der Waals surface area (Å²) in [6.45, 7) is 9.26. The summed E-state index contributed by atoms with van der Waals surface area (Å²) in [6, 6.07) is 0. The van der Waals surface area contributed by atoms with Crippen LogP contribution in [0.5, 0.6) is 0 Å². The fourth-order valence-electron chi connectivity index (χ4n) is 4.45. The molecule has 20 heavy (non-hydrogen) atoms. The lowest BCUT2D eigenvalue weighted by molar-refractivity contribution is 0.0155. The number of hydrogen-bond acceptors (Lipinski definition) is 3. The van der Waals surface area contributed by atoms with E-state index in [-0.39, 0.29) is 6.10 Å². The quantitative estimate of drug-likeness (QED) is 0.753. The van der Waals surface area contributed by atoms with Crippen LogP contribution < -0.4 is 5.32 Å². The SMILES string of the molecule is CCNCC1(CN(C)CC2CC(O)C2)CCCC(C)C1. The van der Waals surface area contributed by atoms with Crippen LogP contribution in [-0.4, -0.2) is 49.3 Å². The van der Waals surface area contributed by atoms with Gasteiger partial charge in [-0.25, -0.2) is 0 Å². The second-order valence-corrected chi connectivity index (χ2v) is 7.67. The van der Waals surface area contributed by atoms with Gasteiger partial charge in [-0.3, -0.25) is 0 Å². The summed E-state index contributed by atoms with van der Waals surface area (Å²) in [7, 11) is 2.28. The van der Waals surface area contributed by atoms with Crippen molar-refractivity contribution in [3.63, 3.8) is 0 Å². The molecule has 0 aliphatic heterocycles. The Morgan fingerprint density at radius 2 is 2.10 bits per heavy atom. The minimum atomic E-state index is -0.0150. The summed E-state index contributed by atoms with van der Waals surface area (Å²) >= 11 is 0. The first-order chi connectivity index (χ1) is 9.53. The molecule has 3 nitrogen and oxygen atoms in total. The molecule has 0 heterocycles. The average Bonchev–Trinajstić information content (AvgIpc) is 2.34. The van der Waals surface area contributed by atoms with Crippen molar-refractivity contribution in [2.75, 3.05) is 33.2 Å². The second kappa shape index (κ2) is 7.24. The monoisotopic (exact) mass is 282 g/mol. The Labute approximate surface area is 125 Å². The number of rotatable bonds is 7.